The van der Waals surface area contributed by atoms with Crippen LogP contribution in [0.1, 0.15) is 31.4 Å². The molecule has 0 spiro atoms. The van der Waals surface area contributed by atoms with Crippen LogP contribution < -0.4 is 4.74 Å². The largest absolute Gasteiger partial charge is 0.494 e. The lowest BCUT2D eigenvalue weighted by molar-refractivity contribution is 0.00481. The Hall–Kier alpha value is -1.20. The fraction of sp³-hybridized carbons (Fsp3) is 0.571. The standard InChI is InChI=1S/C14H20F2O3/c1-2-8-19-12-5-3-11(4-6-12)13(17)7-9-18-10-14(15)16/h3-6,13-14,17H,2,7-10H2,1H3. The zero-order valence-corrected chi connectivity index (χ0v) is 11.0. The van der Waals surface area contributed by atoms with Gasteiger partial charge in [0.15, 0.2) is 0 Å². The maximum absolute atomic E-state index is 11.8. The number of aliphatic hydroxyl groups excluding tert-OH is 1. The van der Waals surface area contributed by atoms with Gasteiger partial charge < -0.3 is 14.6 Å². The van der Waals surface area contributed by atoms with Gasteiger partial charge in [-0.15, -0.1) is 0 Å². The van der Waals surface area contributed by atoms with Crippen LogP contribution in [0.5, 0.6) is 5.75 Å². The second-order valence-corrected chi connectivity index (χ2v) is 4.19. The third-order valence-electron chi connectivity index (χ3n) is 2.52. The van der Waals surface area contributed by atoms with E-state index in [4.69, 9.17) is 9.47 Å². The van der Waals surface area contributed by atoms with Gasteiger partial charge in [0.25, 0.3) is 6.43 Å². The van der Waals surface area contributed by atoms with Gasteiger partial charge in [0.1, 0.15) is 12.4 Å². The maximum Gasteiger partial charge on any atom is 0.261 e. The van der Waals surface area contributed by atoms with Crippen molar-refractivity contribution in [2.45, 2.75) is 32.3 Å². The Morgan fingerprint density at radius 2 is 1.84 bits per heavy atom. The van der Waals surface area contributed by atoms with Crippen molar-refractivity contribution in [2.75, 3.05) is 19.8 Å². The van der Waals surface area contributed by atoms with Crippen molar-refractivity contribution >= 4 is 0 Å². The van der Waals surface area contributed by atoms with Gasteiger partial charge in [0, 0.05) is 13.0 Å². The molecule has 1 unspecified atom stereocenters. The first-order chi connectivity index (χ1) is 9.13. The Labute approximate surface area is 112 Å². The molecule has 1 rings (SSSR count). The molecule has 1 N–H and O–H groups in total. The molecule has 19 heavy (non-hydrogen) atoms. The summed E-state index contributed by atoms with van der Waals surface area (Å²) in [7, 11) is 0. The summed E-state index contributed by atoms with van der Waals surface area (Å²) in [6, 6.07) is 7.11. The van der Waals surface area contributed by atoms with Crippen LogP contribution in [0.15, 0.2) is 24.3 Å². The summed E-state index contributed by atoms with van der Waals surface area (Å²) in [6.07, 6.45) is -1.95. The molecule has 0 aliphatic rings. The highest BCUT2D eigenvalue weighted by Crippen LogP contribution is 2.20. The smallest absolute Gasteiger partial charge is 0.261 e. The summed E-state index contributed by atoms with van der Waals surface area (Å²) < 4.78 is 33.8. The number of halogens is 2. The minimum Gasteiger partial charge on any atom is -0.494 e. The molecule has 5 heteroatoms. The van der Waals surface area contributed by atoms with E-state index in [0.29, 0.717) is 13.0 Å². The molecule has 0 aromatic heterocycles. The van der Waals surface area contributed by atoms with E-state index in [-0.39, 0.29) is 6.61 Å². The lowest BCUT2D eigenvalue weighted by Crippen LogP contribution is -2.08. The molecule has 1 aromatic rings. The number of hydrogen-bond donors (Lipinski definition) is 1. The van der Waals surface area contributed by atoms with Crippen molar-refractivity contribution in [3.8, 4) is 5.75 Å². The summed E-state index contributed by atoms with van der Waals surface area (Å²) in [6.45, 7) is 2.21. The minimum atomic E-state index is -2.47. The molecule has 0 aliphatic carbocycles. The van der Waals surface area contributed by atoms with Gasteiger partial charge in [-0.2, -0.15) is 0 Å². The number of aliphatic hydroxyl groups is 1. The zero-order chi connectivity index (χ0) is 14.1. The number of benzene rings is 1. The number of rotatable bonds is 9. The molecule has 1 atom stereocenters. The summed E-state index contributed by atoms with van der Waals surface area (Å²) in [5.41, 5.74) is 0.726. The zero-order valence-electron chi connectivity index (χ0n) is 11.0. The summed E-state index contributed by atoms with van der Waals surface area (Å²) in [4.78, 5) is 0. The fourth-order valence-corrected chi connectivity index (χ4v) is 1.54. The van der Waals surface area contributed by atoms with Gasteiger partial charge in [-0.05, 0) is 24.1 Å². The van der Waals surface area contributed by atoms with Crippen LogP contribution in [0, 0.1) is 0 Å². The topological polar surface area (TPSA) is 38.7 Å². The first-order valence-electron chi connectivity index (χ1n) is 6.40. The Balaban J connectivity index is 2.33. The molecule has 0 saturated carbocycles. The minimum absolute atomic E-state index is 0.111. The van der Waals surface area contributed by atoms with Gasteiger partial charge in [0.2, 0.25) is 0 Å². The van der Waals surface area contributed by atoms with Crippen LogP contribution >= 0.6 is 0 Å². The molecule has 108 valence electrons. The van der Waals surface area contributed by atoms with E-state index in [9.17, 15) is 13.9 Å². The molecular weight excluding hydrogens is 254 g/mol. The van der Waals surface area contributed by atoms with Crippen molar-refractivity contribution in [3.05, 3.63) is 29.8 Å². The van der Waals surface area contributed by atoms with Crippen molar-refractivity contribution < 1.29 is 23.4 Å². The molecule has 0 fully saturated rings. The molecule has 0 radical (unpaired) electrons. The fourth-order valence-electron chi connectivity index (χ4n) is 1.54. The Kier molecular flexibility index (Phi) is 7.36. The monoisotopic (exact) mass is 274 g/mol. The Morgan fingerprint density at radius 1 is 1.16 bits per heavy atom. The van der Waals surface area contributed by atoms with Gasteiger partial charge in [0.05, 0.1) is 12.7 Å². The van der Waals surface area contributed by atoms with E-state index >= 15 is 0 Å². The summed E-state index contributed by atoms with van der Waals surface area (Å²) in [5, 5.41) is 9.84. The van der Waals surface area contributed by atoms with Gasteiger partial charge >= 0.3 is 0 Å². The quantitative estimate of drug-likeness (QED) is 0.703. The molecule has 0 bridgehead atoms. The predicted octanol–water partition coefficient (Wildman–Crippen LogP) is 3.18. The summed E-state index contributed by atoms with van der Waals surface area (Å²) in [5.74, 6) is 0.756. The van der Waals surface area contributed by atoms with Crippen LogP contribution in [0.3, 0.4) is 0 Å². The van der Waals surface area contributed by atoms with Gasteiger partial charge in [-0.25, -0.2) is 8.78 Å². The lowest BCUT2D eigenvalue weighted by Gasteiger charge is -2.12. The number of ether oxygens (including phenoxy) is 2. The van der Waals surface area contributed by atoms with E-state index in [1.165, 1.54) is 0 Å². The van der Waals surface area contributed by atoms with Crippen molar-refractivity contribution in [1.82, 2.24) is 0 Å². The normalized spacial score (nSPS) is 12.7. The third kappa shape index (κ3) is 6.50. The van der Waals surface area contributed by atoms with E-state index < -0.39 is 19.1 Å². The van der Waals surface area contributed by atoms with Crippen molar-refractivity contribution in [1.29, 1.82) is 0 Å². The van der Waals surface area contributed by atoms with E-state index in [2.05, 4.69) is 0 Å². The second kappa shape index (κ2) is 8.82. The van der Waals surface area contributed by atoms with Gasteiger partial charge in [-0.1, -0.05) is 19.1 Å². The average molecular weight is 274 g/mol. The molecule has 0 heterocycles. The number of alkyl halides is 2. The van der Waals surface area contributed by atoms with Crippen molar-refractivity contribution in [2.24, 2.45) is 0 Å². The van der Waals surface area contributed by atoms with Crippen LogP contribution in [0.2, 0.25) is 0 Å². The Bertz CT molecular complexity index is 341. The van der Waals surface area contributed by atoms with Crippen LogP contribution in [0.25, 0.3) is 0 Å². The van der Waals surface area contributed by atoms with Crippen LogP contribution in [-0.2, 0) is 4.74 Å². The van der Waals surface area contributed by atoms with E-state index in [0.717, 1.165) is 17.7 Å². The summed E-state index contributed by atoms with van der Waals surface area (Å²) >= 11 is 0. The van der Waals surface area contributed by atoms with E-state index in [1.54, 1.807) is 24.3 Å². The predicted molar refractivity (Wildman–Crippen MR) is 68.6 cm³/mol. The maximum atomic E-state index is 11.8. The highest BCUT2D eigenvalue weighted by molar-refractivity contribution is 5.28. The van der Waals surface area contributed by atoms with E-state index in [1.807, 2.05) is 6.92 Å². The SMILES string of the molecule is CCCOc1ccc(C(O)CCOCC(F)F)cc1. The molecule has 0 amide bonds. The van der Waals surface area contributed by atoms with Crippen molar-refractivity contribution in [3.63, 3.8) is 0 Å². The first kappa shape index (κ1) is 15.9. The first-order valence-corrected chi connectivity index (χ1v) is 6.40. The molecule has 3 nitrogen and oxygen atoms in total. The lowest BCUT2D eigenvalue weighted by atomic mass is 10.1. The highest BCUT2D eigenvalue weighted by atomic mass is 19.3. The van der Waals surface area contributed by atoms with Crippen LogP contribution in [-0.4, -0.2) is 31.4 Å². The molecular formula is C14H20F2O3. The second-order valence-electron chi connectivity index (χ2n) is 4.19. The van der Waals surface area contributed by atoms with Gasteiger partial charge in [-0.3, -0.25) is 0 Å². The molecule has 0 aliphatic heterocycles. The van der Waals surface area contributed by atoms with Crippen LogP contribution in [0.4, 0.5) is 8.78 Å². The average Bonchev–Trinajstić information content (AvgIpc) is 2.41. The third-order valence-corrected chi connectivity index (χ3v) is 2.52. The molecule has 0 saturated heterocycles. The highest BCUT2D eigenvalue weighted by Gasteiger charge is 2.09. The Morgan fingerprint density at radius 3 is 2.42 bits per heavy atom. The molecule has 1 aromatic carbocycles. The number of hydrogen-bond acceptors (Lipinski definition) is 3.